The van der Waals surface area contributed by atoms with E-state index >= 15 is 0 Å². The molecule has 0 saturated carbocycles. The van der Waals surface area contributed by atoms with Crippen LogP contribution in [-0.2, 0) is 6.54 Å². The zero-order chi connectivity index (χ0) is 18.5. The zero-order valence-electron chi connectivity index (χ0n) is 13.4. The second-order valence-corrected chi connectivity index (χ2v) is 5.30. The molecule has 3 N–H and O–H groups in total. The minimum atomic E-state index is -0.849. The third kappa shape index (κ3) is 4.10. The smallest absolute Gasteiger partial charge is 0.253 e. The molecule has 6 nitrogen and oxygen atoms in total. The summed E-state index contributed by atoms with van der Waals surface area (Å²) in [5.41, 5.74) is 6.35. The van der Waals surface area contributed by atoms with Gasteiger partial charge in [0.15, 0.2) is 11.6 Å². The van der Waals surface area contributed by atoms with E-state index in [2.05, 4.69) is 15.3 Å². The highest BCUT2D eigenvalue weighted by atomic mass is 19.1. The fourth-order valence-electron chi connectivity index (χ4n) is 2.13. The van der Waals surface area contributed by atoms with E-state index in [9.17, 15) is 13.6 Å². The SMILES string of the molecule is Nc1ccc(C(=O)NCc2cccnc2Oc2ccc(F)cc2F)cn1. The Balaban J connectivity index is 1.73. The van der Waals surface area contributed by atoms with Crippen molar-refractivity contribution in [2.24, 2.45) is 0 Å². The second-order valence-electron chi connectivity index (χ2n) is 5.30. The van der Waals surface area contributed by atoms with Crippen LogP contribution in [0.25, 0.3) is 0 Å². The van der Waals surface area contributed by atoms with Gasteiger partial charge in [0, 0.05) is 30.6 Å². The molecule has 26 heavy (non-hydrogen) atoms. The van der Waals surface area contributed by atoms with Crippen molar-refractivity contribution in [3.05, 3.63) is 77.6 Å². The van der Waals surface area contributed by atoms with Gasteiger partial charge in [-0.1, -0.05) is 6.07 Å². The van der Waals surface area contributed by atoms with Gasteiger partial charge >= 0.3 is 0 Å². The molecule has 2 heterocycles. The normalized spacial score (nSPS) is 10.4. The average Bonchev–Trinajstić information content (AvgIpc) is 2.63. The number of nitrogens with one attached hydrogen (secondary N) is 1. The Morgan fingerprint density at radius 2 is 2.00 bits per heavy atom. The first-order valence-electron chi connectivity index (χ1n) is 7.59. The number of nitrogen functional groups attached to an aromatic ring is 1. The topological polar surface area (TPSA) is 90.1 Å². The molecule has 0 aliphatic carbocycles. The number of amides is 1. The van der Waals surface area contributed by atoms with E-state index < -0.39 is 11.6 Å². The fraction of sp³-hybridized carbons (Fsp3) is 0.0556. The number of ether oxygens (including phenoxy) is 1. The highest BCUT2D eigenvalue weighted by Crippen LogP contribution is 2.26. The number of rotatable bonds is 5. The van der Waals surface area contributed by atoms with E-state index in [0.29, 0.717) is 23.0 Å². The largest absolute Gasteiger partial charge is 0.436 e. The predicted molar refractivity (Wildman–Crippen MR) is 90.5 cm³/mol. The molecule has 3 rings (SSSR count). The molecule has 0 saturated heterocycles. The Labute approximate surface area is 147 Å². The van der Waals surface area contributed by atoms with Gasteiger partial charge in [-0.2, -0.15) is 0 Å². The standard InChI is InChI=1S/C18H14F2N4O2/c19-13-4-5-15(14(20)8-13)26-18-12(2-1-7-22-18)10-24-17(25)11-3-6-16(21)23-9-11/h1-9H,10H2,(H2,21,23)(H,24,25). The van der Waals surface area contributed by atoms with Crippen LogP contribution in [0.1, 0.15) is 15.9 Å². The van der Waals surface area contributed by atoms with Crippen LogP contribution in [0.15, 0.2) is 54.9 Å². The number of carbonyl (C=O) groups excluding carboxylic acids is 1. The number of hydrogen-bond donors (Lipinski definition) is 2. The van der Waals surface area contributed by atoms with Gasteiger partial charge in [0.25, 0.3) is 5.91 Å². The lowest BCUT2D eigenvalue weighted by Gasteiger charge is -2.11. The third-order valence-electron chi connectivity index (χ3n) is 3.44. The van der Waals surface area contributed by atoms with E-state index in [-0.39, 0.29) is 24.1 Å². The van der Waals surface area contributed by atoms with Crippen molar-refractivity contribution in [1.82, 2.24) is 15.3 Å². The molecule has 0 fully saturated rings. The highest BCUT2D eigenvalue weighted by molar-refractivity contribution is 5.93. The molecule has 8 heteroatoms. The van der Waals surface area contributed by atoms with E-state index in [1.807, 2.05) is 0 Å². The number of nitrogens with zero attached hydrogens (tertiary/aromatic N) is 2. The van der Waals surface area contributed by atoms with Gasteiger partial charge in [-0.3, -0.25) is 4.79 Å². The fourth-order valence-corrected chi connectivity index (χ4v) is 2.13. The van der Waals surface area contributed by atoms with Crippen LogP contribution < -0.4 is 15.8 Å². The van der Waals surface area contributed by atoms with Crippen molar-refractivity contribution in [1.29, 1.82) is 0 Å². The Morgan fingerprint density at radius 1 is 1.15 bits per heavy atom. The Bertz CT molecular complexity index is 933. The van der Waals surface area contributed by atoms with Crippen molar-refractivity contribution in [2.45, 2.75) is 6.54 Å². The van der Waals surface area contributed by atoms with E-state index in [1.165, 1.54) is 24.5 Å². The van der Waals surface area contributed by atoms with Crippen LogP contribution in [-0.4, -0.2) is 15.9 Å². The Hall–Kier alpha value is -3.55. The molecular formula is C18H14F2N4O2. The van der Waals surface area contributed by atoms with Gasteiger partial charge in [-0.15, -0.1) is 0 Å². The van der Waals surface area contributed by atoms with Gasteiger partial charge in [0.1, 0.15) is 11.6 Å². The molecule has 2 aromatic heterocycles. The molecule has 0 aliphatic rings. The van der Waals surface area contributed by atoms with Gasteiger partial charge in [-0.05, 0) is 30.3 Å². The van der Waals surface area contributed by atoms with Crippen LogP contribution in [0.5, 0.6) is 11.6 Å². The summed E-state index contributed by atoms with van der Waals surface area (Å²) in [5.74, 6) is -1.67. The number of anilines is 1. The molecule has 1 aromatic carbocycles. The molecule has 0 spiro atoms. The molecule has 0 radical (unpaired) electrons. The van der Waals surface area contributed by atoms with Crippen molar-refractivity contribution in [3.8, 4) is 11.6 Å². The molecule has 0 bridgehead atoms. The number of halogens is 2. The molecule has 0 atom stereocenters. The molecule has 1 amide bonds. The first kappa shape index (κ1) is 17.3. The first-order valence-corrected chi connectivity index (χ1v) is 7.59. The molecule has 0 unspecified atom stereocenters. The maximum Gasteiger partial charge on any atom is 0.253 e. The number of hydrogen-bond acceptors (Lipinski definition) is 5. The summed E-state index contributed by atoms with van der Waals surface area (Å²) in [6.45, 7) is 0.0925. The summed E-state index contributed by atoms with van der Waals surface area (Å²) in [7, 11) is 0. The summed E-state index contributed by atoms with van der Waals surface area (Å²) in [4.78, 5) is 20.0. The number of carbonyl (C=O) groups is 1. The van der Waals surface area contributed by atoms with Gasteiger partial charge in [0.05, 0.1) is 5.56 Å². The summed E-state index contributed by atoms with van der Waals surface area (Å²) < 4.78 is 32.2. The third-order valence-corrected chi connectivity index (χ3v) is 3.44. The Morgan fingerprint density at radius 3 is 2.73 bits per heavy atom. The molecule has 3 aromatic rings. The molecular weight excluding hydrogens is 342 g/mol. The van der Waals surface area contributed by atoms with Gasteiger partial charge in [0.2, 0.25) is 5.88 Å². The monoisotopic (exact) mass is 356 g/mol. The van der Waals surface area contributed by atoms with Crippen molar-refractivity contribution >= 4 is 11.7 Å². The maximum atomic E-state index is 13.8. The van der Waals surface area contributed by atoms with Gasteiger partial charge < -0.3 is 15.8 Å². The number of benzene rings is 1. The van der Waals surface area contributed by atoms with E-state index in [0.717, 1.165) is 6.07 Å². The lowest BCUT2D eigenvalue weighted by Crippen LogP contribution is -2.23. The summed E-state index contributed by atoms with van der Waals surface area (Å²) in [6, 6.07) is 9.36. The molecule has 132 valence electrons. The highest BCUT2D eigenvalue weighted by Gasteiger charge is 2.12. The van der Waals surface area contributed by atoms with Crippen LogP contribution in [0.3, 0.4) is 0 Å². The predicted octanol–water partition coefficient (Wildman–Crippen LogP) is 3.06. The van der Waals surface area contributed by atoms with Crippen LogP contribution in [0.4, 0.5) is 14.6 Å². The lowest BCUT2D eigenvalue weighted by atomic mass is 10.2. The average molecular weight is 356 g/mol. The lowest BCUT2D eigenvalue weighted by molar-refractivity contribution is 0.0950. The van der Waals surface area contributed by atoms with E-state index in [1.54, 1.807) is 18.2 Å². The molecule has 0 aliphatic heterocycles. The first-order chi connectivity index (χ1) is 12.5. The summed E-state index contributed by atoms with van der Waals surface area (Å²) in [6.07, 6.45) is 2.82. The Kier molecular flexibility index (Phi) is 5.02. The summed E-state index contributed by atoms with van der Waals surface area (Å²) in [5, 5.41) is 2.69. The van der Waals surface area contributed by atoms with Gasteiger partial charge in [-0.25, -0.2) is 18.7 Å². The maximum absolute atomic E-state index is 13.8. The number of nitrogens with two attached hydrogens (primary N) is 1. The second kappa shape index (κ2) is 7.56. The number of pyridine rings is 2. The van der Waals surface area contributed by atoms with Crippen LogP contribution >= 0.6 is 0 Å². The van der Waals surface area contributed by atoms with Crippen molar-refractivity contribution < 1.29 is 18.3 Å². The minimum absolute atomic E-state index is 0.0925. The summed E-state index contributed by atoms with van der Waals surface area (Å²) >= 11 is 0. The zero-order valence-corrected chi connectivity index (χ0v) is 13.4. The van der Waals surface area contributed by atoms with Crippen LogP contribution in [0, 0.1) is 11.6 Å². The van der Waals surface area contributed by atoms with Crippen LogP contribution in [0.2, 0.25) is 0 Å². The van der Waals surface area contributed by atoms with E-state index in [4.69, 9.17) is 10.5 Å². The number of aromatic nitrogens is 2. The van der Waals surface area contributed by atoms with Crippen molar-refractivity contribution in [2.75, 3.05) is 5.73 Å². The minimum Gasteiger partial charge on any atom is -0.436 e. The quantitative estimate of drug-likeness (QED) is 0.733. The van der Waals surface area contributed by atoms with Crippen molar-refractivity contribution in [3.63, 3.8) is 0 Å².